The minimum atomic E-state index is -0.454. The van der Waals surface area contributed by atoms with Crippen LogP contribution in [0.4, 0.5) is 5.69 Å². The normalized spacial score (nSPS) is 10.1. The highest BCUT2D eigenvalue weighted by Gasteiger charge is 2.09. The molecule has 7 heteroatoms. The van der Waals surface area contributed by atoms with E-state index in [2.05, 4.69) is 9.72 Å². The fourth-order valence-corrected chi connectivity index (χ4v) is 2.28. The number of methoxy groups -OCH3 is 1. The monoisotopic (exact) mass is 290 g/mol. The van der Waals surface area contributed by atoms with Crippen molar-refractivity contribution in [3.8, 4) is 0 Å². The second-order valence-electron chi connectivity index (χ2n) is 3.73. The Morgan fingerprint density at radius 1 is 1.30 bits per heavy atom. The predicted molar refractivity (Wildman–Crippen MR) is 72.8 cm³/mol. The molecule has 0 bridgehead atoms. The summed E-state index contributed by atoms with van der Waals surface area (Å²) < 4.78 is 4.63. The van der Waals surface area contributed by atoms with Crippen LogP contribution in [0.3, 0.4) is 0 Å². The number of carbonyl (C=O) groups excluding carboxylic acids is 1. The molecule has 0 saturated heterocycles. The van der Waals surface area contributed by atoms with Gasteiger partial charge < -0.3 is 4.74 Å². The Kier molecular flexibility index (Phi) is 4.31. The summed E-state index contributed by atoms with van der Waals surface area (Å²) in [7, 11) is 1.31. The first-order valence-electron chi connectivity index (χ1n) is 5.57. The molecule has 0 fully saturated rings. The van der Waals surface area contributed by atoms with Crippen LogP contribution in [0, 0.1) is 10.1 Å². The summed E-state index contributed by atoms with van der Waals surface area (Å²) in [6.07, 6.45) is 1.51. The third-order valence-electron chi connectivity index (χ3n) is 2.43. The molecule has 0 spiro atoms. The van der Waals surface area contributed by atoms with Gasteiger partial charge in [-0.25, -0.2) is 9.78 Å². The molecule has 0 unspecified atom stereocenters. The van der Waals surface area contributed by atoms with Gasteiger partial charge in [0.1, 0.15) is 5.03 Å². The quantitative estimate of drug-likeness (QED) is 0.489. The van der Waals surface area contributed by atoms with Crippen molar-refractivity contribution in [1.82, 2.24) is 4.98 Å². The maximum Gasteiger partial charge on any atom is 0.337 e. The number of benzene rings is 1. The number of hydrogen-bond donors (Lipinski definition) is 0. The lowest BCUT2D eigenvalue weighted by Crippen LogP contribution is -2.01. The fraction of sp³-hybridized carbons (Fsp3) is 0.0769. The molecule has 2 aromatic rings. The van der Waals surface area contributed by atoms with Gasteiger partial charge in [-0.15, -0.1) is 0 Å². The van der Waals surface area contributed by atoms with E-state index in [1.807, 2.05) is 0 Å². The van der Waals surface area contributed by atoms with Crippen molar-refractivity contribution in [2.24, 2.45) is 0 Å². The molecule has 0 saturated carbocycles. The van der Waals surface area contributed by atoms with E-state index < -0.39 is 10.9 Å². The van der Waals surface area contributed by atoms with E-state index in [1.54, 1.807) is 24.3 Å². The zero-order valence-electron chi connectivity index (χ0n) is 10.5. The zero-order valence-corrected chi connectivity index (χ0v) is 11.3. The van der Waals surface area contributed by atoms with E-state index in [4.69, 9.17) is 0 Å². The first kappa shape index (κ1) is 14.0. The van der Waals surface area contributed by atoms with Gasteiger partial charge >= 0.3 is 5.97 Å². The average molecular weight is 290 g/mol. The number of aromatic nitrogens is 1. The van der Waals surface area contributed by atoms with Crippen LogP contribution < -0.4 is 0 Å². The van der Waals surface area contributed by atoms with Crippen molar-refractivity contribution in [3.63, 3.8) is 0 Å². The van der Waals surface area contributed by atoms with Crippen LogP contribution in [0.5, 0.6) is 0 Å². The van der Waals surface area contributed by atoms with Crippen molar-refractivity contribution < 1.29 is 14.5 Å². The molecule has 0 atom stereocenters. The Hall–Kier alpha value is -2.41. The highest BCUT2D eigenvalue weighted by Crippen LogP contribution is 2.27. The lowest BCUT2D eigenvalue weighted by Gasteiger charge is -2.03. The number of nitro benzene ring substituents is 1. The minimum Gasteiger partial charge on any atom is -0.465 e. The summed E-state index contributed by atoms with van der Waals surface area (Å²) in [6.45, 7) is 0. The lowest BCUT2D eigenvalue weighted by molar-refractivity contribution is -0.384. The van der Waals surface area contributed by atoms with Crippen LogP contribution in [0.15, 0.2) is 52.5 Å². The summed E-state index contributed by atoms with van der Waals surface area (Å²) in [5.74, 6) is -0.432. The second-order valence-corrected chi connectivity index (χ2v) is 4.82. The number of nitrogens with zero attached hydrogens (tertiary/aromatic N) is 2. The van der Waals surface area contributed by atoms with E-state index in [0.717, 1.165) is 4.90 Å². The van der Waals surface area contributed by atoms with Gasteiger partial charge in [0.25, 0.3) is 5.69 Å². The Balaban J connectivity index is 2.17. The molecule has 6 nitrogen and oxygen atoms in total. The number of ether oxygens (including phenoxy) is 1. The van der Waals surface area contributed by atoms with E-state index in [0.29, 0.717) is 10.6 Å². The van der Waals surface area contributed by atoms with Crippen LogP contribution in [0.1, 0.15) is 10.4 Å². The summed E-state index contributed by atoms with van der Waals surface area (Å²) in [5.41, 5.74) is 0.442. The zero-order chi connectivity index (χ0) is 14.5. The molecule has 1 aromatic heterocycles. The summed E-state index contributed by atoms with van der Waals surface area (Å²) in [4.78, 5) is 26.4. The number of pyridine rings is 1. The molecule has 0 aliphatic carbocycles. The standard InChI is InChI=1S/C13H10N2O4S/c1-19-13(16)9-6-7-14-12(8-9)20-11-4-2-10(3-5-11)15(17)18/h2-8H,1H3. The molecule has 0 aliphatic rings. The summed E-state index contributed by atoms with van der Waals surface area (Å²) in [6, 6.07) is 9.28. The third kappa shape index (κ3) is 3.33. The van der Waals surface area contributed by atoms with Crippen LogP contribution in [0.25, 0.3) is 0 Å². The van der Waals surface area contributed by atoms with Crippen molar-refractivity contribution in [2.75, 3.05) is 7.11 Å². The highest BCUT2D eigenvalue weighted by atomic mass is 32.2. The van der Waals surface area contributed by atoms with Gasteiger partial charge in [-0.05, 0) is 24.3 Å². The Bertz CT molecular complexity index is 643. The summed E-state index contributed by atoms with van der Waals surface area (Å²) in [5, 5.41) is 11.2. The molecule has 20 heavy (non-hydrogen) atoms. The number of hydrogen-bond acceptors (Lipinski definition) is 6. The van der Waals surface area contributed by atoms with Gasteiger partial charge in [0.15, 0.2) is 0 Å². The number of nitro groups is 1. The van der Waals surface area contributed by atoms with Gasteiger partial charge in [0, 0.05) is 23.2 Å². The van der Waals surface area contributed by atoms with Crippen LogP contribution in [0.2, 0.25) is 0 Å². The SMILES string of the molecule is COC(=O)c1ccnc(Sc2ccc([N+](=O)[O-])cc2)c1. The average Bonchev–Trinajstić information content (AvgIpc) is 2.47. The fourth-order valence-electron chi connectivity index (χ4n) is 1.47. The number of non-ortho nitro benzene ring substituents is 1. The second kappa shape index (κ2) is 6.16. The van der Waals surface area contributed by atoms with Crippen molar-refractivity contribution >= 4 is 23.4 Å². The smallest absolute Gasteiger partial charge is 0.337 e. The molecule has 0 radical (unpaired) electrons. The first-order valence-corrected chi connectivity index (χ1v) is 6.38. The van der Waals surface area contributed by atoms with Crippen molar-refractivity contribution in [3.05, 3.63) is 58.3 Å². The molecule has 102 valence electrons. The summed E-state index contributed by atoms with van der Waals surface area (Å²) >= 11 is 1.31. The number of rotatable bonds is 4. The predicted octanol–water partition coefficient (Wildman–Crippen LogP) is 2.93. The molecule has 1 aromatic carbocycles. The number of carbonyl (C=O) groups is 1. The number of esters is 1. The molecule has 0 aliphatic heterocycles. The Labute approximate surface area is 118 Å². The van der Waals surface area contributed by atoms with Crippen molar-refractivity contribution in [2.45, 2.75) is 9.92 Å². The minimum absolute atomic E-state index is 0.0330. The van der Waals surface area contributed by atoms with Crippen molar-refractivity contribution in [1.29, 1.82) is 0 Å². The van der Waals surface area contributed by atoms with E-state index in [1.165, 1.54) is 37.2 Å². The maximum absolute atomic E-state index is 11.4. The van der Waals surface area contributed by atoms with Crippen LogP contribution in [-0.2, 0) is 4.74 Å². The Morgan fingerprint density at radius 2 is 2.00 bits per heavy atom. The molecule has 0 N–H and O–H groups in total. The van der Waals surface area contributed by atoms with Crippen LogP contribution in [-0.4, -0.2) is 23.0 Å². The molecule has 0 amide bonds. The topological polar surface area (TPSA) is 82.3 Å². The highest BCUT2D eigenvalue weighted by molar-refractivity contribution is 7.99. The maximum atomic E-state index is 11.4. The molecular formula is C13H10N2O4S. The van der Waals surface area contributed by atoms with Gasteiger partial charge in [-0.3, -0.25) is 10.1 Å². The van der Waals surface area contributed by atoms with Gasteiger partial charge in [-0.2, -0.15) is 0 Å². The Morgan fingerprint density at radius 3 is 2.60 bits per heavy atom. The van der Waals surface area contributed by atoms with Gasteiger partial charge in [0.2, 0.25) is 0 Å². The van der Waals surface area contributed by atoms with Gasteiger partial charge in [0.05, 0.1) is 17.6 Å². The third-order valence-corrected chi connectivity index (χ3v) is 3.37. The molecule has 1 heterocycles. The van der Waals surface area contributed by atoms with E-state index in [-0.39, 0.29) is 5.69 Å². The van der Waals surface area contributed by atoms with E-state index in [9.17, 15) is 14.9 Å². The lowest BCUT2D eigenvalue weighted by atomic mass is 10.3. The largest absolute Gasteiger partial charge is 0.465 e. The van der Waals surface area contributed by atoms with E-state index >= 15 is 0 Å². The van der Waals surface area contributed by atoms with Gasteiger partial charge in [-0.1, -0.05) is 11.8 Å². The molecular weight excluding hydrogens is 280 g/mol. The molecule has 2 rings (SSSR count). The van der Waals surface area contributed by atoms with Crippen LogP contribution >= 0.6 is 11.8 Å². The first-order chi connectivity index (χ1) is 9.60.